The molecule has 0 saturated heterocycles. The first-order valence-corrected chi connectivity index (χ1v) is 11.9. The largest absolute Gasteiger partial charge is 0.481 e. The van der Waals surface area contributed by atoms with Crippen molar-refractivity contribution < 1.29 is 28.0 Å². The van der Waals surface area contributed by atoms with Crippen molar-refractivity contribution in [2.24, 2.45) is 0 Å². The number of hydrogen-bond acceptors (Lipinski definition) is 3. The average Bonchev–Trinajstić information content (AvgIpc) is 2.69. The molecule has 0 aromatic rings. The fraction of sp³-hybridized carbons (Fsp3) is 0.840. The van der Waals surface area contributed by atoms with Crippen LogP contribution in [0.25, 0.3) is 0 Å². The number of aliphatic carboxylic acids is 1. The van der Waals surface area contributed by atoms with Crippen molar-refractivity contribution in [1.29, 1.82) is 0 Å². The van der Waals surface area contributed by atoms with Crippen LogP contribution in [0.5, 0.6) is 0 Å². The molecule has 0 radical (unpaired) electrons. The standard InChI is InChI=1S/C25H47NO4/c1-5-6-7-8-9-10-11-12-13-14-15-16-17-18-19-20-25(29)30-23(21-24(27)28)22-26(2,3)4/h12-13,23H,5-11,14-22H2,1-4H3/p+1/b13-12-/t23-/m1/s1/i2D3. The maximum Gasteiger partial charge on any atom is 0.307 e. The highest BCUT2D eigenvalue weighted by molar-refractivity contribution is 5.71. The quantitative estimate of drug-likeness (QED) is 0.110. The Kier molecular flexibility index (Phi) is 14.3. The molecule has 0 rings (SSSR count). The van der Waals surface area contributed by atoms with E-state index in [1.165, 1.54) is 59.0 Å². The molecule has 0 aliphatic carbocycles. The maximum atomic E-state index is 12.1. The van der Waals surface area contributed by atoms with E-state index < -0.39 is 35.9 Å². The third kappa shape index (κ3) is 21.4. The molecule has 0 amide bonds. The highest BCUT2D eigenvalue weighted by Crippen LogP contribution is 2.12. The number of unbranched alkanes of at least 4 members (excludes halogenated alkanes) is 11. The molecule has 176 valence electrons. The summed E-state index contributed by atoms with van der Waals surface area (Å²) in [6, 6.07) is 0. The van der Waals surface area contributed by atoms with Crippen LogP contribution in [0.4, 0.5) is 0 Å². The zero-order valence-corrected chi connectivity index (χ0v) is 19.7. The van der Waals surface area contributed by atoms with Gasteiger partial charge in [0.05, 0.1) is 31.6 Å². The van der Waals surface area contributed by atoms with E-state index in [-0.39, 0.29) is 13.0 Å². The molecule has 0 heterocycles. The summed E-state index contributed by atoms with van der Waals surface area (Å²) in [4.78, 5) is 23.2. The Hall–Kier alpha value is -1.36. The van der Waals surface area contributed by atoms with Crippen LogP contribution in [-0.2, 0) is 14.3 Å². The SMILES string of the molecule is [2H]C([2H])([2H])[N+](C)(C)C[C@@H](CC(=O)O)OC(=O)CCCCCCC/C=C\CCCCCCCC. The zero-order valence-electron chi connectivity index (χ0n) is 22.7. The van der Waals surface area contributed by atoms with Gasteiger partial charge in [-0.2, -0.15) is 0 Å². The number of allylic oxidation sites excluding steroid dienone is 2. The molecule has 1 N–H and O–H groups in total. The third-order valence-corrected chi connectivity index (χ3v) is 5.00. The van der Waals surface area contributed by atoms with Gasteiger partial charge in [0.2, 0.25) is 0 Å². The van der Waals surface area contributed by atoms with E-state index in [0.717, 1.165) is 32.1 Å². The Bertz CT molecular complexity index is 562. The number of carboxylic acid groups (broad SMARTS) is 1. The summed E-state index contributed by atoms with van der Waals surface area (Å²) < 4.78 is 27.7. The monoisotopic (exact) mass is 429 g/mol. The second kappa shape index (κ2) is 18.4. The fourth-order valence-electron chi connectivity index (χ4n) is 3.43. The number of nitrogens with zero attached hydrogens (tertiary/aromatic N) is 1. The fourth-order valence-corrected chi connectivity index (χ4v) is 3.43. The normalized spacial score (nSPS) is 14.8. The Morgan fingerprint density at radius 3 is 2.00 bits per heavy atom. The minimum absolute atomic E-state index is 0.0685. The number of hydrogen-bond donors (Lipinski definition) is 1. The highest BCUT2D eigenvalue weighted by atomic mass is 16.5. The molecule has 0 fully saturated rings. The van der Waals surface area contributed by atoms with Crippen LogP contribution < -0.4 is 0 Å². The predicted molar refractivity (Wildman–Crippen MR) is 124 cm³/mol. The van der Waals surface area contributed by atoms with Gasteiger partial charge >= 0.3 is 11.9 Å². The first kappa shape index (κ1) is 23.3. The molecule has 0 unspecified atom stereocenters. The lowest BCUT2D eigenvalue weighted by atomic mass is 10.1. The smallest absolute Gasteiger partial charge is 0.307 e. The Balaban J connectivity index is 3.91. The molecule has 30 heavy (non-hydrogen) atoms. The second-order valence-electron chi connectivity index (χ2n) is 8.91. The third-order valence-electron chi connectivity index (χ3n) is 5.00. The van der Waals surface area contributed by atoms with Crippen LogP contribution in [0.2, 0.25) is 0 Å². The number of quaternary nitrogens is 1. The average molecular weight is 430 g/mol. The Labute approximate surface area is 189 Å². The van der Waals surface area contributed by atoms with E-state index >= 15 is 0 Å². The molecule has 0 aliphatic heterocycles. The molecule has 0 aromatic heterocycles. The van der Waals surface area contributed by atoms with Gasteiger partial charge in [-0.3, -0.25) is 9.59 Å². The molecule has 0 aromatic carbocycles. The van der Waals surface area contributed by atoms with Crippen LogP contribution in [0.15, 0.2) is 12.2 Å². The summed E-state index contributed by atoms with van der Waals surface area (Å²) in [7, 11) is 2.97. The van der Waals surface area contributed by atoms with E-state index in [1.54, 1.807) is 0 Å². The molecule has 0 aliphatic rings. The van der Waals surface area contributed by atoms with E-state index in [2.05, 4.69) is 19.1 Å². The number of carboxylic acids is 1. The van der Waals surface area contributed by atoms with Gasteiger partial charge in [-0.15, -0.1) is 0 Å². The number of rotatable bonds is 20. The van der Waals surface area contributed by atoms with Gasteiger partial charge in [-0.05, 0) is 32.1 Å². The van der Waals surface area contributed by atoms with E-state index in [9.17, 15) is 9.59 Å². The molecular weight excluding hydrogens is 378 g/mol. The summed E-state index contributed by atoms with van der Waals surface area (Å²) in [6.45, 7) is -0.141. The zero-order chi connectivity index (χ0) is 25.2. The van der Waals surface area contributed by atoms with Gasteiger partial charge in [0.15, 0.2) is 6.10 Å². The number of esters is 1. The van der Waals surface area contributed by atoms with Gasteiger partial charge in [-0.25, -0.2) is 0 Å². The van der Waals surface area contributed by atoms with Crippen molar-refractivity contribution in [3.63, 3.8) is 0 Å². The van der Waals surface area contributed by atoms with Crippen LogP contribution >= 0.6 is 0 Å². The van der Waals surface area contributed by atoms with E-state index in [4.69, 9.17) is 14.0 Å². The number of carbonyl (C=O) groups is 2. The number of carbonyl (C=O) groups excluding carboxylic acids is 1. The summed E-state index contributed by atoms with van der Waals surface area (Å²) in [5.74, 6) is -1.57. The van der Waals surface area contributed by atoms with Crippen LogP contribution in [0, 0.1) is 0 Å². The molecule has 5 heteroatoms. The lowest BCUT2D eigenvalue weighted by molar-refractivity contribution is -0.873. The van der Waals surface area contributed by atoms with Gasteiger partial charge in [0.1, 0.15) is 6.54 Å². The second-order valence-corrected chi connectivity index (χ2v) is 8.91. The molecule has 0 bridgehead atoms. The van der Waals surface area contributed by atoms with Crippen LogP contribution in [0.3, 0.4) is 0 Å². The molecule has 0 saturated carbocycles. The summed E-state index contributed by atoms with van der Waals surface area (Å²) in [5.41, 5.74) is 0. The van der Waals surface area contributed by atoms with Gasteiger partial charge in [-0.1, -0.05) is 70.4 Å². The highest BCUT2D eigenvalue weighted by Gasteiger charge is 2.24. The lowest BCUT2D eigenvalue weighted by Crippen LogP contribution is -2.43. The van der Waals surface area contributed by atoms with Gasteiger partial charge < -0.3 is 14.3 Å². The van der Waals surface area contributed by atoms with Crippen molar-refractivity contribution in [1.82, 2.24) is 0 Å². The molecule has 0 spiro atoms. The van der Waals surface area contributed by atoms with Crippen molar-refractivity contribution in [3.8, 4) is 0 Å². The number of likely N-dealkylation sites (N-methyl/N-ethyl adjacent to an activating group) is 1. The first-order valence-electron chi connectivity index (χ1n) is 13.4. The predicted octanol–water partition coefficient (Wildman–Crippen LogP) is 6.12. The van der Waals surface area contributed by atoms with E-state index in [1.807, 2.05) is 0 Å². The van der Waals surface area contributed by atoms with Crippen LogP contribution in [-0.4, -0.2) is 55.2 Å². The van der Waals surface area contributed by atoms with E-state index in [0.29, 0.717) is 6.42 Å². The summed E-state index contributed by atoms with van der Waals surface area (Å²) in [6.07, 6.45) is 18.7. The van der Waals surface area contributed by atoms with Crippen molar-refractivity contribution in [3.05, 3.63) is 12.2 Å². The van der Waals surface area contributed by atoms with Gasteiger partial charge in [0.25, 0.3) is 0 Å². The van der Waals surface area contributed by atoms with Crippen molar-refractivity contribution in [2.45, 2.75) is 109 Å². The topological polar surface area (TPSA) is 63.6 Å². The Morgan fingerprint density at radius 1 is 0.933 bits per heavy atom. The van der Waals surface area contributed by atoms with Crippen molar-refractivity contribution in [2.75, 3.05) is 27.6 Å². The molecular formula is C25H48NO4+. The minimum Gasteiger partial charge on any atom is -0.481 e. The van der Waals surface area contributed by atoms with Gasteiger partial charge in [0, 0.05) is 6.42 Å². The van der Waals surface area contributed by atoms with Crippen molar-refractivity contribution >= 4 is 11.9 Å². The first-order chi connectivity index (χ1) is 15.5. The maximum absolute atomic E-state index is 12.1. The number of ether oxygens (including phenoxy) is 1. The summed E-state index contributed by atoms with van der Waals surface area (Å²) in [5, 5.41) is 9.07. The lowest BCUT2D eigenvalue weighted by Gasteiger charge is -2.28. The molecule has 5 nitrogen and oxygen atoms in total. The molecule has 1 atom stereocenters. The summed E-state index contributed by atoms with van der Waals surface area (Å²) >= 11 is 0. The Morgan fingerprint density at radius 2 is 1.47 bits per heavy atom. The minimum atomic E-state index is -2.31. The van der Waals surface area contributed by atoms with Crippen LogP contribution in [0.1, 0.15) is 107 Å².